The number of hydrogen-bond donors (Lipinski definition) is 2. The predicted molar refractivity (Wildman–Crippen MR) is 116 cm³/mol. The van der Waals surface area contributed by atoms with Crippen LogP contribution in [0.25, 0.3) is 10.9 Å². The maximum Gasteiger partial charge on any atom is 0.284 e. The molecule has 3 aromatic rings. The summed E-state index contributed by atoms with van der Waals surface area (Å²) in [6, 6.07) is 11.5. The highest BCUT2D eigenvalue weighted by Gasteiger charge is 2.19. The molecule has 1 aliphatic heterocycles. The average molecular weight is 426 g/mol. The number of para-hydroxylation sites is 1. The summed E-state index contributed by atoms with van der Waals surface area (Å²) in [5.74, 6) is 0.224. The molecule has 8 nitrogen and oxygen atoms in total. The summed E-state index contributed by atoms with van der Waals surface area (Å²) in [5.41, 5.74) is 1.44. The molecule has 0 radical (unpaired) electrons. The second kappa shape index (κ2) is 8.27. The minimum Gasteiger partial charge on any atom is -0.362 e. The van der Waals surface area contributed by atoms with E-state index in [2.05, 4.69) is 19.9 Å². The number of nitrogens with one attached hydrogen (secondary N) is 2. The van der Waals surface area contributed by atoms with E-state index < -0.39 is 10.0 Å². The van der Waals surface area contributed by atoms with Gasteiger partial charge in [0.05, 0.1) is 22.2 Å². The molecule has 0 aliphatic carbocycles. The summed E-state index contributed by atoms with van der Waals surface area (Å²) in [5, 5.41) is 10.4. The fraction of sp³-hybridized carbons (Fsp3) is 0.286. The van der Waals surface area contributed by atoms with Gasteiger partial charge in [-0.15, -0.1) is 4.40 Å². The average Bonchev–Trinajstić information content (AvgIpc) is 3.13. The van der Waals surface area contributed by atoms with Crippen LogP contribution in [0.2, 0.25) is 0 Å². The van der Waals surface area contributed by atoms with Crippen molar-refractivity contribution in [3.05, 3.63) is 54.2 Å². The molecule has 0 spiro atoms. The maximum absolute atomic E-state index is 12.9. The molecule has 0 bridgehead atoms. The summed E-state index contributed by atoms with van der Waals surface area (Å²) < 4.78 is 29.8. The zero-order valence-electron chi connectivity index (χ0n) is 16.6. The maximum atomic E-state index is 12.9. The van der Waals surface area contributed by atoms with E-state index in [0.29, 0.717) is 29.0 Å². The molecule has 1 aliphatic rings. The number of nitrogens with zero attached hydrogens (tertiary/aromatic N) is 3. The van der Waals surface area contributed by atoms with Crippen LogP contribution < -0.4 is 5.32 Å². The second-order valence-electron chi connectivity index (χ2n) is 7.34. The van der Waals surface area contributed by atoms with Crippen LogP contribution in [0.3, 0.4) is 0 Å². The lowest BCUT2D eigenvalue weighted by Gasteiger charge is -2.17. The van der Waals surface area contributed by atoms with Crippen molar-refractivity contribution in [2.75, 3.05) is 18.9 Å². The van der Waals surface area contributed by atoms with Crippen LogP contribution in [0.4, 0.5) is 5.69 Å². The summed E-state index contributed by atoms with van der Waals surface area (Å²) in [4.78, 5) is 14.7. The van der Waals surface area contributed by atoms with Gasteiger partial charge in [0, 0.05) is 31.1 Å². The number of fused-ring (bicyclic) bond motifs is 1. The van der Waals surface area contributed by atoms with Gasteiger partial charge in [0.15, 0.2) is 0 Å². The molecule has 0 atom stereocenters. The Balaban J connectivity index is 1.59. The van der Waals surface area contributed by atoms with Gasteiger partial charge in [0.2, 0.25) is 0 Å². The highest BCUT2D eigenvalue weighted by molar-refractivity contribution is 7.90. The summed E-state index contributed by atoms with van der Waals surface area (Å²) >= 11 is 0. The third-order valence-electron chi connectivity index (χ3n) is 5.17. The molecule has 2 heterocycles. The Labute approximate surface area is 175 Å². The lowest BCUT2D eigenvalue weighted by molar-refractivity contribution is 0.102. The van der Waals surface area contributed by atoms with Gasteiger partial charge in [0.1, 0.15) is 5.84 Å². The number of hydrogen-bond acceptors (Lipinski definition) is 4. The lowest BCUT2D eigenvalue weighted by atomic mass is 10.1. The number of sulfonamides is 1. The van der Waals surface area contributed by atoms with Crippen LogP contribution in [0.1, 0.15) is 36.0 Å². The van der Waals surface area contributed by atoms with E-state index in [1.165, 1.54) is 12.1 Å². The third-order valence-corrected chi connectivity index (χ3v) is 6.47. The number of aromatic nitrogens is 2. The largest absolute Gasteiger partial charge is 0.362 e. The molecule has 156 valence electrons. The first-order chi connectivity index (χ1) is 14.4. The predicted octanol–water partition coefficient (Wildman–Crippen LogP) is 3.41. The van der Waals surface area contributed by atoms with E-state index in [1.54, 1.807) is 30.5 Å². The van der Waals surface area contributed by atoms with Gasteiger partial charge in [-0.1, -0.05) is 24.6 Å². The molecule has 1 saturated heterocycles. The number of amides is 1. The summed E-state index contributed by atoms with van der Waals surface area (Å²) in [6.07, 6.45) is 5.30. The molecule has 1 amide bonds. The Hall–Kier alpha value is -3.20. The normalized spacial score (nSPS) is 16.6. The molecule has 2 N–H and O–H groups in total. The molecule has 0 unspecified atom stereocenters. The molecule has 4 rings (SSSR count). The van der Waals surface area contributed by atoms with Crippen molar-refractivity contribution in [2.45, 2.75) is 30.6 Å². The Morgan fingerprint density at radius 3 is 2.87 bits per heavy atom. The van der Waals surface area contributed by atoms with Crippen molar-refractivity contribution in [3.63, 3.8) is 0 Å². The van der Waals surface area contributed by atoms with Crippen LogP contribution in [-0.2, 0) is 10.0 Å². The van der Waals surface area contributed by atoms with Gasteiger partial charge in [0.25, 0.3) is 15.9 Å². The molecule has 30 heavy (non-hydrogen) atoms. The van der Waals surface area contributed by atoms with Gasteiger partial charge >= 0.3 is 0 Å². The molecular formula is C21H23N5O3S. The lowest BCUT2D eigenvalue weighted by Crippen LogP contribution is -2.26. The van der Waals surface area contributed by atoms with Crippen molar-refractivity contribution in [2.24, 2.45) is 4.40 Å². The van der Waals surface area contributed by atoms with Crippen LogP contribution in [0, 0.1) is 0 Å². The van der Waals surface area contributed by atoms with Gasteiger partial charge in [-0.05, 0) is 37.1 Å². The summed E-state index contributed by atoms with van der Waals surface area (Å²) in [6.45, 7) is 0.795. The van der Waals surface area contributed by atoms with Gasteiger partial charge in [-0.2, -0.15) is 13.5 Å². The number of rotatable bonds is 4. The van der Waals surface area contributed by atoms with E-state index in [1.807, 2.05) is 18.0 Å². The number of carbonyl (C=O) groups is 1. The Morgan fingerprint density at radius 2 is 2.00 bits per heavy atom. The zero-order chi connectivity index (χ0) is 21.1. The zero-order valence-corrected chi connectivity index (χ0v) is 17.4. The Kier molecular flexibility index (Phi) is 5.54. The number of benzene rings is 2. The minimum atomic E-state index is -3.88. The van der Waals surface area contributed by atoms with Gasteiger partial charge < -0.3 is 10.2 Å². The third kappa shape index (κ3) is 4.20. The van der Waals surface area contributed by atoms with Crippen molar-refractivity contribution in [1.29, 1.82) is 0 Å². The topological polar surface area (TPSA) is 108 Å². The number of carbonyl (C=O) groups excluding carboxylic acids is 1. The molecule has 1 fully saturated rings. The van der Waals surface area contributed by atoms with Crippen molar-refractivity contribution in [1.82, 2.24) is 15.1 Å². The molecule has 9 heteroatoms. The molecule has 1 aromatic heterocycles. The van der Waals surface area contributed by atoms with Gasteiger partial charge in [-0.25, -0.2) is 0 Å². The van der Waals surface area contributed by atoms with Gasteiger partial charge in [-0.3, -0.25) is 9.89 Å². The van der Waals surface area contributed by atoms with Crippen LogP contribution in [-0.4, -0.2) is 48.9 Å². The highest BCUT2D eigenvalue weighted by atomic mass is 32.2. The first-order valence-electron chi connectivity index (χ1n) is 9.82. The first-order valence-corrected chi connectivity index (χ1v) is 11.3. The van der Waals surface area contributed by atoms with E-state index in [9.17, 15) is 13.2 Å². The number of anilines is 1. The van der Waals surface area contributed by atoms with E-state index in [4.69, 9.17) is 0 Å². The smallest absolute Gasteiger partial charge is 0.284 e. The van der Waals surface area contributed by atoms with Crippen LogP contribution >= 0.6 is 0 Å². The summed E-state index contributed by atoms with van der Waals surface area (Å²) in [7, 11) is -2.01. The van der Waals surface area contributed by atoms with E-state index in [-0.39, 0.29) is 10.8 Å². The standard InChI is InChI=1S/C21H23N5O3S/c1-26-12-4-2-3-11-19(26)25-30(28,29)17-9-6-8-16(13-17)23-21(27)18-10-5-7-15-14-22-24-20(15)18/h5-10,13-14H,2-4,11-12H2,1H3,(H,22,24)(H,23,27). The molecule has 0 saturated carbocycles. The fourth-order valence-corrected chi connectivity index (χ4v) is 4.67. The number of aromatic amines is 1. The van der Waals surface area contributed by atoms with Crippen molar-refractivity contribution >= 4 is 38.4 Å². The van der Waals surface area contributed by atoms with Crippen molar-refractivity contribution in [3.8, 4) is 0 Å². The van der Waals surface area contributed by atoms with Crippen LogP contribution in [0.5, 0.6) is 0 Å². The number of amidine groups is 1. The Morgan fingerprint density at radius 1 is 1.17 bits per heavy atom. The molecular weight excluding hydrogens is 402 g/mol. The first kappa shape index (κ1) is 20.1. The number of likely N-dealkylation sites (tertiary alicyclic amines) is 1. The molecule has 2 aromatic carbocycles. The fourth-order valence-electron chi connectivity index (χ4n) is 3.53. The highest BCUT2D eigenvalue weighted by Crippen LogP contribution is 2.22. The van der Waals surface area contributed by atoms with Crippen LogP contribution in [0.15, 0.2) is 58.0 Å². The quantitative estimate of drug-likeness (QED) is 0.666. The monoisotopic (exact) mass is 425 g/mol. The number of H-pyrrole nitrogens is 1. The minimum absolute atomic E-state index is 0.0465. The second-order valence-corrected chi connectivity index (χ2v) is 8.94. The Bertz CT molecular complexity index is 1220. The van der Waals surface area contributed by atoms with E-state index in [0.717, 1.165) is 31.2 Å². The SMILES string of the molecule is CN1CCCCCC1=NS(=O)(=O)c1cccc(NC(=O)c2cccc3cn[nH]c23)c1. The van der Waals surface area contributed by atoms with E-state index >= 15 is 0 Å². The van der Waals surface area contributed by atoms with Crippen molar-refractivity contribution < 1.29 is 13.2 Å².